The predicted molar refractivity (Wildman–Crippen MR) is 48.2 cm³/mol. The molecule has 1 unspecified atom stereocenters. The highest BCUT2D eigenvalue weighted by Gasteiger charge is 2.37. The third kappa shape index (κ3) is 2.78. The Morgan fingerprint density at radius 1 is 1.50 bits per heavy atom. The van der Waals surface area contributed by atoms with Gasteiger partial charge in [0.2, 0.25) is 0 Å². The molecule has 1 aliphatic heterocycles. The summed E-state index contributed by atoms with van der Waals surface area (Å²) in [6.45, 7) is 2.43. The minimum atomic E-state index is -4.22. The van der Waals surface area contributed by atoms with Crippen LogP contribution in [0.2, 0.25) is 0 Å². The Morgan fingerprint density at radius 2 is 2.14 bits per heavy atom. The average Bonchev–Trinajstić information content (AvgIpc) is 2.07. The molecule has 0 spiro atoms. The number of rotatable bonds is 1. The van der Waals surface area contributed by atoms with E-state index < -0.39 is 12.2 Å². The van der Waals surface area contributed by atoms with Crippen LogP contribution in [0.3, 0.4) is 0 Å². The second kappa shape index (κ2) is 4.06. The van der Waals surface area contributed by atoms with Crippen molar-refractivity contribution in [3.8, 4) is 0 Å². The smallest absolute Gasteiger partial charge is 0.346 e. The van der Waals surface area contributed by atoms with Crippen LogP contribution in [0.1, 0.15) is 13.3 Å². The summed E-state index contributed by atoms with van der Waals surface area (Å²) in [5, 5.41) is 2.36. The summed E-state index contributed by atoms with van der Waals surface area (Å²) in [5.74, 6) is 0.334. The molecule has 0 aromatic heterocycles. The molecule has 0 amide bonds. The third-order valence-corrected chi connectivity index (χ3v) is 2.11. The molecule has 6 heteroatoms. The van der Waals surface area contributed by atoms with Gasteiger partial charge in [-0.25, -0.2) is 0 Å². The molecule has 1 heterocycles. The number of nitrogens with one attached hydrogen (secondary N) is 1. The van der Waals surface area contributed by atoms with E-state index in [9.17, 15) is 13.2 Å². The van der Waals surface area contributed by atoms with E-state index in [-0.39, 0.29) is 0 Å². The average molecular weight is 209 g/mol. The maximum atomic E-state index is 12.2. The van der Waals surface area contributed by atoms with Crippen LogP contribution in [0.25, 0.3) is 0 Å². The Balaban J connectivity index is 2.55. The van der Waals surface area contributed by atoms with Gasteiger partial charge >= 0.3 is 6.18 Å². The van der Waals surface area contributed by atoms with Crippen LogP contribution in [0, 0.1) is 0 Å². The van der Waals surface area contributed by atoms with Crippen molar-refractivity contribution in [1.29, 1.82) is 0 Å². The number of alkyl halides is 3. The Bertz CT molecular complexity index is 224. The second-order valence-corrected chi connectivity index (χ2v) is 3.39. The van der Waals surface area contributed by atoms with Crippen molar-refractivity contribution in [2.75, 3.05) is 20.1 Å². The molecule has 0 aliphatic carbocycles. The van der Waals surface area contributed by atoms with Crippen molar-refractivity contribution >= 4 is 5.96 Å². The van der Waals surface area contributed by atoms with Crippen LogP contribution in [0.15, 0.2) is 4.99 Å². The SMILES string of the molecule is CC(NC1=NCCCN1C)C(F)(F)F. The molecular weight excluding hydrogens is 195 g/mol. The number of hydrogen-bond donors (Lipinski definition) is 1. The molecule has 0 saturated heterocycles. The maximum Gasteiger partial charge on any atom is 0.408 e. The molecule has 0 bridgehead atoms. The molecule has 3 nitrogen and oxygen atoms in total. The van der Waals surface area contributed by atoms with Crippen LogP contribution in [-0.4, -0.2) is 43.2 Å². The van der Waals surface area contributed by atoms with E-state index >= 15 is 0 Å². The highest BCUT2D eigenvalue weighted by Crippen LogP contribution is 2.19. The van der Waals surface area contributed by atoms with Gasteiger partial charge in [-0.05, 0) is 13.3 Å². The lowest BCUT2D eigenvalue weighted by Gasteiger charge is -2.28. The molecule has 82 valence electrons. The summed E-state index contributed by atoms with van der Waals surface area (Å²) < 4.78 is 36.6. The van der Waals surface area contributed by atoms with E-state index in [0.29, 0.717) is 12.5 Å². The molecule has 1 N–H and O–H groups in total. The zero-order chi connectivity index (χ0) is 10.8. The number of guanidine groups is 1. The first kappa shape index (κ1) is 11.1. The Hall–Kier alpha value is -0.940. The van der Waals surface area contributed by atoms with Crippen molar-refractivity contribution in [3.63, 3.8) is 0 Å². The first-order valence-electron chi connectivity index (χ1n) is 4.50. The van der Waals surface area contributed by atoms with E-state index in [1.807, 2.05) is 0 Å². The molecule has 0 saturated carbocycles. The van der Waals surface area contributed by atoms with Gasteiger partial charge in [-0.2, -0.15) is 13.2 Å². The van der Waals surface area contributed by atoms with Crippen molar-refractivity contribution in [1.82, 2.24) is 10.2 Å². The van der Waals surface area contributed by atoms with Gasteiger partial charge in [0.05, 0.1) is 0 Å². The van der Waals surface area contributed by atoms with E-state index in [4.69, 9.17) is 0 Å². The molecule has 1 atom stereocenters. The van der Waals surface area contributed by atoms with E-state index in [0.717, 1.165) is 19.9 Å². The van der Waals surface area contributed by atoms with Crippen LogP contribution in [0.5, 0.6) is 0 Å². The van der Waals surface area contributed by atoms with Gasteiger partial charge in [-0.1, -0.05) is 0 Å². The van der Waals surface area contributed by atoms with E-state index in [1.165, 1.54) is 0 Å². The molecule has 0 aromatic rings. The summed E-state index contributed by atoms with van der Waals surface area (Å²) >= 11 is 0. The highest BCUT2D eigenvalue weighted by molar-refractivity contribution is 5.80. The largest absolute Gasteiger partial charge is 0.408 e. The summed E-state index contributed by atoms with van der Waals surface area (Å²) in [7, 11) is 1.73. The Labute approximate surface area is 81.0 Å². The van der Waals surface area contributed by atoms with Gasteiger partial charge in [0.25, 0.3) is 0 Å². The third-order valence-electron chi connectivity index (χ3n) is 2.11. The lowest BCUT2D eigenvalue weighted by molar-refractivity contribution is -0.148. The van der Waals surface area contributed by atoms with Gasteiger partial charge in [0, 0.05) is 20.1 Å². The lowest BCUT2D eigenvalue weighted by Crippen LogP contribution is -2.50. The number of halogens is 3. The quantitative estimate of drug-likeness (QED) is 0.703. The molecule has 1 aliphatic rings. The topological polar surface area (TPSA) is 27.6 Å². The van der Waals surface area contributed by atoms with Crippen molar-refractivity contribution in [2.24, 2.45) is 4.99 Å². The van der Waals surface area contributed by atoms with Crippen LogP contribution < -0.4 is 5.32 Å². The standard InChI is InChI=1S/C8H14F3N3/c1-6(8(9,10)11)13-7-12-4-3-5-14(7)2/h6H,3-5H2,1-2H3,(H,12,13). The van der Waals surface area contributed by atoms with Crippen LogP contribution >= 0.6 is 0 Å². The minimum absolute atomic E-state index is 0.334. The molecule has 0 radical (unpaired) electrons. The van der Waals surface area contributed by atoms with E-state index in [2.05, 4.69) is 10.3 Å². The normalized spacial score (nSPS) is 20.4. The van der Waals surface area contributed by atoms with Crippen molar-refractivity contribution in [2.45, 2.75) is 25.6 Å². The monoisotopic (exact) mass is 209 g/mol. The predicted octanol–water partition coefficient (Wildman–Crippen LogP) is 1.22. The van der Waals surface area contributed by atoms with Gasteiger partial charge < -0.3 is 10.2 Å². The fourth-order valence-corrected chi connectivity index (χ4v) is 1.15. The highest BCUT2D eigenvalue weighted by atomic mass is 19.4. The number of hydrogen-bond acceptors (Lipinski definition) is 3. The summed E-state index contributed by atoms with van der Waals surface area (Å²) in [4.78, 5) is 5.70. The van der Waals surface area contributed by atoms with Gasteiger partial charge in [-0.3, -0.25) is 4.99 Å². The fraction of sp³-hybridized carbons (Fsp3) is 0.875. The van der Waals surface area contributed by atoms with Crippen LogP contribution in [-0.2, 0) is 0 Å². The first-order chi connectivity index (χ1) is 6.41. The maximum absolute atomic E-state index is 12.2. The molecule has 14 heavy (non-hydrogen) atoms. The Morgan fingerprint density at radius 3 is 2.64 bits per heavy atom. The second-order valence-electron chi connectivity index (χ2n) is 3.39. The van der Waals surface area contributed by atoms with Crippen molar-refractivity contribution < 1.29 is 13.2 Å². The number of nitrogens with zero attached hydrogens (tertiary/aromatic N) is 2. The molecule has 0 aromatic carbocycles. The summed E-state index contributed by atoms with van der Waals surface area (Å²) in [6, 6.07) is -1.55. The molecule has 0 fully saturated rings. The molecule has 1 rings (SSSR count). The lowest BCUT2D eigenvalue weighted by atomic mass is 10.3. The van der Waals surface area contributed by atoms with Gasteiger partial charge in [0.1, 0.15) is 6.04 Å². The Kier molecular flexibility index (Phi) is 3.23. The first-order valence-corrected chi connectivity index (χ1v) is 4.50. The minimum Gasteiger partial charge on any atom is -0.346 e. The zero-order valence-electron chi connectivity index (χ0n) is 8.23. The fourth-order valence-electron chi connectivity index (χ4n) is 1.15. The number of aliphatic imine (C=N–C) groups is 1. The van der Waals surface area contributed by atoms with Gasteiger partial charge in [-0.15, -0.1) is 0 Å². The van der Waals surface area contributed by atoms with Gasteiger partial charge in [0.15, 0.2) is 5.96 Å². The summed E-state index contributed by atoms with van der Waals surface area (Å²) in [5.41, 5.74) is 0. The van der Waals surface area contributed by atoms with Crippen molar-refractivity contribution in [3.05, 3.63) is 0 Å². The van der Waals surface area contributed by atoms with E-state index in [1.54, 1.807) is 11.9 Å². The molecular formula is C8H14F3N3. The summed E-state index contributed by atoms with van der Waals surface area (Å²) in [6.07, 6.45) is -3.33. The zero-order valence-corrected chi connectivity index (χ0v) is 8.23. The van der Waals surface area contributed by atoms with Crippen LogP contribution in [0.4, 0.5) is 13.2 Å².